The Morgan fingerprint density at radius 1 is 1.56 bits per heavy atom. The average Bonchev–Trinajstić information content (AvgIpc) is 2.28. The molecule has 0 bridgehead atoms. The lowest BCUT2D eigenvalue weighted by molar-refractivity contribution is 0.240. The zero-order valence-electron chi connectivity index (χ0n) is 10.5. The number of nitrogens with zero attached hydrogens (tertiary/aromatic N) is 2. The number of nitrogens with one attached hydrogen (secondary N) is 2. The number of hydrogen-bond donors (Lipinski definition) is 3. The minimum atomic E-state index is 0.468. The summed E-state index contributed by atoms with van der Waals surface area (Å²) in [7, 11) is 2.15. The molecule has 5 heteroatoms. The molecule has 0 amide bonds. The first-order chi connectivity index (χ1) is 7.76. The van der Waals surface area contributed by atoms with Crippen LogP contribution in [0.5, 0.6) is 0 Å². The molecule has 0 aromatic carbocycles. The van der Waals surface area contributed by atoms with Crippen molar-refractivity contribution in [3.63, 3.8) is 0 Å². The second kappa shape index (κ2) is 7.46. The van der Waals surface area contributed by atoms with Gasteiger partial charge in [-0.15, -0.1) is 0 Å². The minimum Gasteiger partial charge on any atom is -0.351 e. The Bertz CT molecular complexity index is 216. The molecule has 0 aromatic heterocycles. The number of piperidine rings is 1. The first-order valence-corrected chi connectivity index (χ1v) is 6.22. The van der Waals surface area contributed by atoms with Crippen LogP contribution in [0, 0.1) is 0 Å². The van der Waals surface area contributed by atoms with Crippen molar-refractivity contribution in [2.24, 2.45) is 10.8 Å². The molecule has 1 saturated heterocycles. The number of hydrazine groups is 1. The maximum absolute atomic E-state index is 5.45. The number of aliphatic imine (C=N–C) groups is 1. The van der Waals surface area contributed by atoms with Crippen LogP contribution >= 0.6 is 0 Å². The van der Waals surface area contributed by atoms with Crippen LogP contribution in [0.25, 0.3) is 0 Å². The van der Waals surface area contributed by atoms with Gasteiger partial charge in [-0.05, 0) is 32.9 Å². The van der Waals surface area contributed by atoms with Gasteiger partial charge in [-0.1, -0.05) is 13.3 Å². The SMILES string of the molecule is CCCCN=C(NN)NC1CCCN(C)C1. The van der Waals surface area contributed by atoms with Gasteiger partial charge < -0.3 is 10.2 Å². The molecule has 5 nitrogen and oxygen atoms in total. The van der Waals surface area contributed by atoms with E-state index >= 15 is 0 Å². The average molecular weight is 227 g/mol. The summed E-state index contributed by atoms with van der Waals surface area (Å²) >= 11 is 0. The lowest BCUT2D eigenvalue weighted by atomic mass is 10.1. The molecule has 94 valence electrons. The fraction of sp³-hybridized carbons (Fsp3) is 0.909. The largest absolute Gasteiger partial charge is 0.351 e. The van der Waals surface area contributed by atoms with Gasteiger partial charge in [0.25, 0.3) is 0 Å². The van der Waals surface area contributed by atoms with Crippen molar-refractivity contribution in [2.75, 3.05) is 26.7 Å². The Kier molecular flexibility index (Phi) is 6.18. The lowest BCUT2D eigenvalue weighted by Crippen LogP contribution is -2.51. The van der Waals surface area contributed by atoms with Crippen molar-refractivity contribution in [3.8, 4) is 0 Å². The highest BCUT2D eigenvalue weighted by Crippen LogP contribution is 2.07. The number of likely N-dealkylation sites (N-methyl/N-ethyl adjacent to an activating group) is 1. The van der Waals surface area contributed by atoms with Gasteiger partial charge in [0.1, 0.15) is 0 Å². The zero-order chi connectivity index (χ0) is 11.8. The van der Waals surface area contributed by atoms with Crippen molar-refractivity contribution < 1.29 is 0 Å². The molecular weight excluding hydrogens is 202 g/mol. The van der Waals surface area contributed by atoms with Crippen molar-refractivity contribution in [1.29, 1.82) is 0 Å². The third-order valence-electron chi connectivity index (χ3n) is 2.88. The monoisotopic (exact) mass is 227 g/mol. The number of nitrogens with two attached hydrogens (primary N) is 1. The Morgan fingerprint density at radius 2 is 2.38 bits per heavy atom. The third kappa shape index (κ3) is 4.81. The van der Waals surface area contributed by atoms with E-state index in [1.54, 1.807) is 0 Å². The van der Waals surface area contributed by atoms with Crippen molar-refractivity contribution in [3.05, 3.63) is 0 Å². The van der Waals surface area contributed by atoms with Crippen molar-refractivity contribution in [2.45, 2.75) is 38.6 Å². The summed E-state index contributed by atoms with van der Waals surface area (Å²) in [5, 5.41) is 3.37. The van der Waals surface area contributed by atoms with Crippen LogP contribution in [-0.2, 0) is 0 Å². The fourth-order valence-corrected chi connectivity index (χ4v) is 1.96. The van der Waals surface area contributed by atoms with E-state index in [9.17, 15) is 0 Å². The number of unbranched alkanes of at least 4 members (excludes halogenated alkanes) is 1. The lowest BCUT2D eigenvalue weighted by Gasteiger charge is -2.30. The molecule has 1 fully saturated rings. The normalized spacial score (nSPS) is 23.2. The molecule has 0 saturated carbocycles. The summed E-state index contributed by atoms with van der Waals surface area (Å²) in [4.78, 5) is 6.74. The number of guanidine groups is 1. The minimum absolute atomic E-state index is 0.468. The molecule has 1 unspecified atom stereocenters. The molecule has 1 heterocycles. The van der Waals surface area contributed by atoms with E-state index in [0.717, 1.165) is 31.9 Å². The van der Waals surface area contributed by atoms with Crippen LogP contribution in [0.15, 0.2) is 4.99 Å². The fourth-order valence-electron chi connectivity index (χ4n) is 1.96. The number of rotatable bonds is 4. The Morgan fingerprint density at radius 3 is 3.00 bits per heavy atom. The van der Waals surface area contributed by atoms with Crippen LogP contribution in [0.2, 0.25) is 0 Å². The van der Waals surface area contributed by atoms with E-state index in [1.807, 2.05) is 0 Å². The Balaban J connectivity index is 2.33. The Hall–Kier alpha value is -0.810. The predicted octanol–water partition coefficient (Wildman–Crippen LogP) is 0.290. The molecule has 0 spiro atoms. The highest BCUT2D eigenvalue weighted by molar-refractivity contribution is 5.79. The van der Waals surface area contributed by atoms with Crippen LogP contribution in [0.1, 0.15) is 32.6 Å². The van der Waals surface area contributed by atoms with Crippen LogP contribution in [0.3, 0.4) is 0 Å². The summed E-state index contributed by atoms with van der Waals surface area (Å²) in [5.41, 5.74) is 2.64. The van der Waals surface area contributed by atoms with Gasteiger partial charge in [0.2, 0.25) is 5.96 Å². The van der Waals surface area contributed by atoms with E-state index in [-0.39, 0.29) is 0 Å². The molecule has 4 N–H and O–H groups in total. The maximum atomic E-state index is 5.45. The molecule has 1 atom stereocenters. The Labute approximate surface area is 98.4 Å². The van der Waals surface area contributed by atoms with Gasteiger partial charge in [-0.25, -0.2) is 5.84 Å². The standard InChI is InChI=1S/C11H25N5/c1-3-4-7-13-11(15-12)14-10-6-5-8-16(2)9-10/h10H,3-9,12H2,1-2H3,(H2,13,14,15). The van der Waals surface area contributed by atoms with Crippen molar-refractivity contribution >= 4 is 5.96 Å². The number of likely N-dealkylation sites (tertiary alicyclic amines) is 1. The molecule has 1 aliphatic rings. The first-order valence-electron chi connectivity index (χ1n) is 6.22. The molecule has 1 rings (SSSR count). The summed E-state index contributed by atoms with van der Waals surface area (Å²) < 4.78 is 0. The van der Waals surface area contributed by atoms with E-state index in [4.69, 9.17) is 5.84 Å². The van der Waals surface area contributed by atoms with Gasteiger partial charge in [0.15, 0.2) is 0 Å². The smallest absolute Gasteiger partial charge is 0.205 e. The van der Waals surface area contributed by atoms with E-state index in [1.165, 1.54) is 19.4 Å². The van der Waals surface area contributed by atoms with E-state index in [2.05, 4.69) is 34.6 Å². The molecule has 1 aliphatic heterocycles. The first kappa shape index (κ1) is 13.3. The van der Waals surface area contributed by atoms with Crippen molar-refractivity contribution in [1.82, 2.24) is 15.6 Å². The second-order valence-corrected chi connectivity index (χ2v) is 4.47. The number of hydrogen-bond acceptors (Lipinski definition) is 3. The molecule has 16 heavy (non-hydrogen) atoms. The summed E-state index contributed by atoms with van der Waals surface area (Å²) in [6.07, 6.45) is 4.70. The van der Waals surface area contributed by atoms with E-state index < -0.39 is 0 Å². The quantitative estimate of drug-likeness (QED) is 0.212. The van der Waals surface area contributed by atoms with Gasteiger partial charge >= 0.3 is 0 Å². The summed E-state index contributed by atoms with van der Waals surface area (Å²) in [5.74, 6) is 6.18. The van der Waals surface area contributed by atoms with E-state index in [0.29, 0.717) is 6.04 Å². The zero-order valence-corrected chi connectivity index (χ0v) is 10.5. The molecule has 0 aromatic rings. The van der Waals surface area contributed by atoms with Crippen LogP contribution in [-0.4, -0.2) is 43.6 Å². The van der Waals surface area contributed by atoms with Gasteiger partial charge in [-0.3, -0.25) is 10.4 Å². The second-order valence-electron chi connectivity index (χ2n) is 4.47. The van der Waals surface area contributed by atoms with Crippen LogP contribution < -0.4 is 16.6 Å². The summed E-state index contributed by atoms with van der Waals surface area (Å²) in [6.45, 7) is 5.26. The van der Waals surface area contributed by atoms with Gasteiger partial charge in [0, 0.05) is 19.1 Å². The third-order valence-corrected chi connectivity index (χ3v) is 2.88. The maximum Gasteiger partial charge on any atom is 0.205 e. The molecule has 0 radical (unpaired) electrons. The topological polar surface area (TPSA) is 65.7 Å². The van der Waals surface area contributed by atoms with Crippen LogP contribution in [0.4, 0.5) is 0 Å². The highest BCUT2D eigenvalue weighted by atomic mass is 15.3. The van der Waals surface area contributed by atoms with Gasteiger partial charge in [0.05, 0.1) is 0 Å². The summed E-state index contributed by atoms with van der Waals surface area (Å²) in [6, 6.07) is 0.468. The highest BCUT2D eigenvalue weighted by Gasteiger charge is 2.17. The molecular formula is C11H25N5. The predicted molar refractivity (Wildman–Crippen MR) is 68.2 cm³/mol. The van der Waals surface area contributed by atoms with Gasteiger partial charge in [-0.2, -0.15) is 0 Å². The molecule has 0 aliphatic carbocycles.